The predicted molar refractivity (Wildman–Crippen MR) is 87.4 cm³/mol. The number of nitrogens with two attached hydrogens (primary N) is 1. The lowest BCUT2D eigenvalue weighted by molar-refractivity contribution is -0.113. The van der Waals surface area contributed by atoms with Gasteiger partial charge in [0.25, 0.3) is 0 Å². The van der Waals surface area contributed by atoms with Crippen LogP contribution in [0.5, 0.6) is 0 Å². The third kappa shape index (κ3) is 3.24. The van der Waals surface area contributed by atoms with Gasteiger partial charge in [0, 0.05) is 11.6 Å². The van der Waals surface area contributed by atoms with Gasteiger partial charge in [0.05, 0.1) is 5.75 Å². The summed E-state index contributed by atoms with van der Waals surface area (Å²) >= 11 is 1.30. The highest BCUT2D eigenvalue weighted by molar-refractivity contribution is 7.99. The third-order valence-corrected chi connectivity index (χ3v) is 4.70. The molecule has 0 atom stereocenters. The van der Waals surface area contributed by atoms with Crippen molar-refractivity contribution >= 4 is 23.4 Å². The largest absolute Gasteiger partial charge is 0.336 e. The number of nitrogens with zero attached hydrogens (tertiary/aromatic N) is 3. The molecule has 3 N–H and O–H groups in total. The number of aromatic nitrogens is 3. The van der Waals surface area contributed by atoms with Crippen molar-refractivity contribution in [3.05, 3.63) is 35.2 Å². The molecule has 0 radical (unpaired) electrons. The van der Waals surface area contributed by atoms with Crippen LogP contribution in [0, 0.1) is 13.8 Å². The van der Waals surface area contributed by atoms with E-state index in [0.717, 1.165) is 29.9 Å². The lowest BCUT2D eigenvalue weighted by Gasteiger charge is -2.07. The fraction of sp³-hybridized carbons (Fsp3) is 0.400. The monoisotopic (exact) mass is 317 g/mol. The molecule has 1 fully saturated rings. The number of nitrogens with one attached hydrogen (secondary N) is 1. The van der Waals surface area contributed by atoms with E-state index in [0.29, 0.717) is 11.1 Å². The molecule has 1 amide bonds. The highest BCUT2D eigenvalue weighted by Gasteiger charge is 2.29. The van der Waals surface area contributed by atoms with Gasteiger partial charge in [0.1, 0.15) is 0 Å². The summed E-state index contributed by atoms with van der Waals surface area (Å²) < 4.78 is 1.51. The zero-order chi connectivity index (χ0) is 15.7. The summed E-state index contributed by atoms with van der Waals surface area (Å²) in [6.07, 6.45) is 2.24. The summed E-state index contributed by atoms with van der Waals surface area (Å²) in [6.45, 7) is 4.07. The fourth-order valence-electron chi connectivity index (χ4n) is 2.15. The van der Waals surface area contributed by atoms with Crippen LogP contribution in [0.1, 0.15) is 35.7 Å². The number of nitrogen functional groups attached to an aromatic ring is 1. The van der Waals surface area contributed by atoms with Crippen LogP contribution in [0.3, 0.4) is 0 Å². The van der Waals surface area contributed by atoms with Gasteiger partial charge in [-0.05, 0) is 49.9 Å². The molecule has 22 heavy (non-hydrogen) atoms. The van der Waals surface area contributed by atoms with Crippen LogP contribution in [0.25, 0.3) is 0 Å². The first kappa shape index (κ1) is 14.9. The summed E-state index contributed by atoms with van der Waals surface area (Å²) in [6, 6.07) is 5.87. The van der Waals surface area contributed by atoms with Crippen LogP contribution in [-0.4, -0.2) is 26.5 Å². The number of hydrogen-bond acceptors (Lipinski definition) is 5. The van der Waals surface area contributed by atoms with Crippen molar-refractivity contribution in [1.82, 2.24) is 14.9 Å². The Morgan fingerprint density at radius 1 is 1.36 bits per heavy atom. The number of carbonyl (C=O) groups excluding carboxylic acids is 1. The van der Waals surface area contributed by atoms with E-state index in [-0.39, 0.29) is 11.7 Å². The number of hydrogen-bond donors (Lipinski definition) is 2. The zero-order valence-electron chi connectivity index (χ0n) is 12.7. The second-order valence-electron chi connectivity index (χ2n) is 5.62. The Balaban J connectivity index is 1.56. The first-order chi connectivity index (χ1) is 10.5. The van der Waals surface area contributed by atoms with Gasteiger partial charge in [0.2, 0.25) is 11.1 Å². The van der Waals surface area contributed by atoms with Crippen molar-refractivity contribution in [2.45, 2.75) is 37.8 Å². The van der Waals surface area contributed by atoms with Crippen LogP contribution >= 0.6 is 11.8 Å². The van der Waals surface area contributed by atoms with E-state index in [2.05, 4.69) is 15.5 Å². The lowest BCUT2D eigenvalue weighted by Crippen LogP contribution is -2.17. The van der Waals surface area contributed by atoms with Crippen LogP contribution in [0.4, 0.5) is 5.69 Å². The summed E-state index contributed by atoms with van der Waals surface area (Å²) in [7, 11) is 0. The molecular weight excluding hydrogens is 298 g/mol. The smallest absolute Gasteiger partial charge is 0.234 e. The molecular formula is C15H19N5OS. The van der Waals surface area contributed by atoms with E-state index in [9.17, 15) is 4.79 Å². The van der Waals surface area contributed by atoms with Gasteiger partial charge in [-0.25, -0.2) is 4.68 Å². The topological polar surface area (TPSA) is 85.8 Å². The molecule has 1 aromatic heterocycles. The lowest BCUT2D eigenvalue weighted by atomic mass is 10.1. The maximum Gasteiger partial charge on any atom is 0.234 e. The minimum absolute atomic E-state index is 0.0794. The number of thioether (sulfide) groups is 1. The number of aryl methyl sites for hydroxylation is 2. The molecule has 0 unspecified atom stereocenters. The minimum atomic E-state index is -0.0794. The quantitative estimate of drug-likeness (QED) is 0.652. The van der Waals surface area contributed by atoms with Crippen LogP contribution in [0.15, 0.2) is 23.4 Å². The molecule has 7 heteroatoms. The Morgan fingerprint density at radius 3 is 2.82 bits per heavy atom. The van der Waals surface area contributed by atoms with Crippen molar-refractivity contribution in [2.24, 2.45) is 0 Å². The number of amides is 1. The van der Waals surface area contributed by atoms with Gasteiger partial charge >= 0.3 is 0 Å². The van der Waals surface area contributed by atoms with E-state index in [1.165, 1.54) is 22.0 Å². The number of anilines is 1. The SMILES string of the molecule is Cc1ccc(NC(=O)CSc2nnc(C3CC3)n2N)cc1C. The van der Waals surface area contributed by atoms with E-state index >= 15 is 0 Å². The third-order valence-electron chi connectivity index (χ3n) is 3.76. The molecule has 3 rings (SSSR count). The van der Waals surface area contributed by atoms with Gasteiger partial charge in [0.15, 0.2) is 5.82 Å². The highest BCUT2D eigenvalue weighted by atomic mass is 32.2. The molecule has 0 spiro atoms. The van der Waals surface area contributed by atoms with Crippen LogP contribution < -0.4 is 11.2 Å². The molecule has 1 aromatic carbocycles. The first-order valence-electron chi connectivity index (χ1n) is 7.25. The predicted octanol–water partition coefficient (Wildman–Crippen LogP) is 2.22. The van der Waals surface area contributed by atoms with Crippen molar-refractivity contribution in [3.63, 3.8) is 0 Å². The summed E-state index contributed by atoms with van der Waals surface area (Å²) in [5, 5.41) is 11.6. The molecule has 1 saturated carbocycles. The fourth-order valence-corrected chi connectivity index (χ4v) is 2.82. The Bertz CT molecular complexity index is 708. The Kier molecular flexibility index (Phi) is 4.06. The molecule has 6 nitrogen and oxygen atoms in total. The highest BCUT2D eigenvalue weighted by Crippen LogP contribution is 2.39. The molecule has 116 valence electrons. The van der Waals surface area contributed by atoms with E-state index in [4.69, 9.17) is 5.84 Å². The molecule has 0 saturated heterocycles. The molecule has 0 bridgehead atoms. The summed E-state index contributed by atoms with van der Waals surface area (Å²) in [5.74, 6) is 7.39. The second-order valence-corrected chi connectivity index (χ2v) is 6.56. The number of benzene rings is 1. The van der Waals surface area contributed by atoms with Crippen molar-refractivity contribution in [3.8, 4) is 0 Å². The average Bonchev–Trinajstić information content (AvgIpc) is 3.25. The normalized spacial score (nSPS) is 14.1. The van der Waals surface area contributed by atoms with Gasteiger partial charge in [-0.2, -0.15) is 0 Å². The van der Waals surface area contributed by atoms with Crippen molar-refractivity contribution in [1.29, 1.82) is 0 Å². The van der Waals surface area contributed by atoms with Crippen LogP contribution in [-0.2, 0) is 4.79 Å². The summed E-state index contributed by atoms with van der Waals surface area (Å²) in [5.41, 5.74) is 3.17. The van der Waals surface area contributed by atoms with Gasteiger partial charge in [-0.1, -0.05) is 17.8 Å². The molecule has 2 aromatic rings. The Morgan fingerprint density at radius 2 is 2.14 bits per heavy atom. The van der Waals surface area contributed by atoms with Gasteiger partial charge in [-0.15, -0.1) is 10.2 Å². The maximum absolute atomic E-state index is 12.0. The summed E-state index contributed by atoms with van der Waals surface area (Å²) in [4.78, 5) is 12.0. The zero-order valence-corrected chi connectivity index (χ0v) is 13.5. The maximum atomic E-state index is 12.0. The minimum Gasteiger partial charge on any atom is -0.336 e. The average molecular weight is 317 g/mol. The van der Waals surface area contributed by atoms with Gasteiger partial charge in [-0.3, -0.25) is 4.79 Å². The van der Waals surface area contributed by atoms with E-state index in [1.807, 2.05) is 32.0 Å². The van der Waals surface area contributed by atoms with E-state index < -0.39 is 0 Å². The Hall–Kier alpha value is -2.02. The second kappa shape index (κ2) is 6.00. The first-order valence-corrected chi connectivity index (χ1v) is 8.23. The van der Waals surface area contributed by atoms with E-state index in [1.54, 1.807) is 0 Å². The Labute approximate surface area is 133 Å². The number of rotatable bonds is 5. The molecule has 1 heterocycles. The van der Waals surface area contributed by atoms with Crippen molar-refractivity contribution in [2.75, 3.05) is 16.9 Å². The molecule has 0 aliphatic heterocycles. The van der Waals surface area contributed by atoms with Gasteiger partial charge < -0.3 is 11.2 Å². The standard InChI is InChI=1S/C15H19N5OS/c1-9-3-6-12(7-10(9)2)17-13(21)8-22-15-19-18-14(20(15)16)11-4-5-11/h3,6-7,11H,4-5,8,16H2,1-2H3,(H,17,21). The number of carbonyl (C=O) groups is 1. The molecule has 1 aliphatic carbocycles. The molecule has 1 aliphatic rings. The van der Waals surface area contributed by atoms with Crippen molar-refractivity contribution < 1.29 is 4.79 Å². The van der Waals surface area contributed by atoms with Crippen LogP contribution in [0.2, 0.25) is 0 Å².